The number of cyclic esters (lactones) is 1. The molecule has 6 aliphatic rings. The predicted octanol–water partition coefficient (Wildman–Crippen LogP) is 3.80. The van der Waals surface area contributed by atoms with E-state index in [2.05, 4.69) is 10.6 Å². The van der Waals surface area contributed by atoms with E-state index in [0.29, 0.717) is 29.5 Å². The zero-order valence-electron chi connectivity index (χ0n) is 38.7. The molecule has 4 heterocycles. The summed E-state index contributed by atoms with van der Waals surface area (Å²) in [6.07, 6.45) is -0.477. The molecule has 0 aromatic heterocycles. The molecule has 2 bridgehead atoms. The van der Waals surface area contributed by atoms with Crippen molar-refractivity contribution in [3.8, 4) is 0 Å². The van der Waals surface area contributed by atoms with Crippen LogP contribution < -0.4 is 10.6 Å². The second-order valence-corrected chi connectivity index (χ2v) is 20.2. The highest BCUT2D eigenvalue weighted by Gasteiger charge is 2.76. The van der Waals surface area contributed by atoms with Gasteiger partial charge in [0.1, 0.15) is 42.0 Å². The molecule has 1 spiro atoms. The zero-order chi connectivity index (χ0) is 48.2. The van der Waals surface area contributed by atoms with Gasteiger partial charge in [0.05, 0.1) is 19.2 Å². The van der Waals surface area contributed by atoms with Crippen molar-refractivity contribution in [2.24, 2.45) is 10.8 Å². The standard InChI is InChI=1S/C51H57N3O14/c1-48(2,3)65-38(57)20-18-35(27-55)53-44(58)31-16-10-11-29(21-31)25-52-47(61)51-24-36-39-40(67-50(66-39)22-32-13-7-8-14-33(32)23-50)42(51)68-54(41(51)45(59)63-36)26-34-15-9-6-12-30(34)17-19-37(56)64-43-46(60)62-28-49(43,4)5/h6-17,19,21,35-36,39-43,55H,18,20,22-28H2,1-5H3,(H,52,61)(H,53,58). The van der Waals surface area contributed by atoms with E-state index in [9.17, 15) is 29.1 Å². The molecule has 2 aliphatic carbocycles. The Morgan fingerprint density at radius 3 is 2.37 bits per heavy atom. The molecule has 3 aromatic carbocycles. The maximum atomic E-state index is 15.1. The van der Waals surface area contributed by atoms with E-state index in [-0.39, 0.29) is 44.5 Å². The van der Waals surface area contributed by atoms with Gasteiger partial charge in [-0.25, -0.2) is 9.59 Å². The first-order valence-corrected chi connectivity index (χ1v) is 23.1. The molecule has 360 valence electrons. The lowest BCUT2D eigenvalue weighted by Crippen LogP contribution is -2.69. The van der Waals surface area contributed by atoms with Crippen LogP contribution in [0.25, 0.3) is 6.08 Å². The fourth-order valence-electron chi connectivity index (χ4n) is 10.3. The van der Waals surface area contributed by atoms with Crippen LogP contribution in [0.15, 0.2) is 78.9 Å². The summed E-state index contributed by atoms with van der Waals surface area (Å²) in [6.45, 7) is 8.55. The molecular formula is C51H57N3O14. The van der Waals surface area contributed by atoms with Crippen LogP contribution in [0, 0.1) is 10.8 Å². The lowest BCUT2D eigenvalue weighted by Gasteiger charge is -2.48. The SMILES string of the molecule is CC(C)(C)OC(=O)CCC(CO)NC(=O)c1cccc(CNC(=O)C23CC4OC(=O)C2N(Cc2ccccc2C=CC(=O)OC2C(=O)OCC2(C)C)OC3C2OC3(Cc5ccccc5C3)OC42)c1. The Balaban J connectivity index is 0.953. The highest BCUT2D eigenvalue weighted by atomic mass is 16.8. The van der Waals surface area contributed by atoms with E-state index >= 15 is 4.79 Å². The average Bonchev–Trinajstić information content (AvgIpc) is 4.03. The fourth-order valence-corrected chi connectivity index (χ4v) is 10.3. The quantitative estimate of drug-likeness (QED) is 0.119. The monoisotopic (exact) mass is 935 g/mol. The Morgan fingerprint density at radius 2 is 1.66 bits per heavy atom. The first kappa shape index (κ1) is 47.1. The predicted molar refractivity (Wildman–Crippen MR) is 239 cm³/mol. The van der Waals surface area contributed by atoms with Crippen molar-refractivity contribution in [2.75, 3.05) is 13.2 Å². The molecule has 0 radical (unpaired) electrons. The fraction of sp³-hybridized carbons (Fsp3) is 0.490. The molecular weight excluding hydrogens is 879 g/mol. The van der Waals surface area contributed by atoms with E-state index in [4.69, 9.17) is 33.3 Å². The van der Waals surface area contributed by atoms with E-state index < -0.39 is 107 Å². The highest BCUT2D eigenvalue weighted by Crippen LogP contribution is 2.58. The summed E-state index contributed by atoms with van der Waals surface area (Å²) in [7, 11) is 0. The summed E-state index contributed by atoms with van der Waals surface area (Å²) < 4.78 is 35.8. The number of esters is 4. The van der Waals surface area contributed by atoms with Crippen molar-refractivity contribution in [1.82, 2.24) is 15.7 Å². The lowest BCUT2D eigenvalue weighted by molar-refractivity contribution is -0.217. The number of amides is 2. The van der Waals surface area contributed by atoms with Gasteiger partial charge in [0.25, 0.3) is 5.91 Å². The second-order valence-electron chi connectivity index (χ2n) is 20.2. The molecule has 4 saturated heterocycles. The Bertz CT molecular complexity index is 2510. The van der Waals surface area contributed by atoms with Gasteiger partial charge in [-0.05, 0) is 73.2 Å². The van der Waals surface area contributed by atoms with E-state index in [1.54, 1.807) is 83.2 Å². The molecule has 3 N–H and O–H groups in total. The number of fused-ring (bicyclic) bond motifs is 5. The van der Waals surface area contributed by atoms with Crippen LogP contribution in [0.5, 0.6) is 0 Å². The maximum Gasteiger partial charge on any atom is 0.348 e. The van der Waals surface area contributed by atoms with Crippen LogP contribution >= 0.6 is 0 Å². The number of hydrogen-bond donors (Lipinski definition) is 3. The summed E-state index contributed by atoms with van der Waals surface area (Å²) in [5, 5.41) is 17.3. The number of nitrogens with zero attached hydrogens (tertiary/aromatic N) is 1. The van der Waals surface area contributed by atoms with Gasteiger partial charge in [0, 0.05) is 49.3 Å². The first-order valence-electron chi connectivity index (χ1n) is 23.1. The number of benzene rings is 3. The molecule has 1 saturated carbocycles. The highest BCUT2D eigenvalue weighted by molar-refractivity contribution is 5.95. The van der Waals surface area contributed by atoms with Gasteiger partial charge in [0.15, 0.2) is 11.8 Å². The van der Waals surface area contributed by atoms with Crippen LogP contribution in [-0.2, 0) is 83.2 Å². The molecule has 4 aliphatic heterocycles. The van der Waals surface area contributed by atoms with E-state index in [1.807, 2.05) is 30.3 Å². The Morgan fingerprint density at radius 1 is 0.941 bits per heavy atom. The number of hydrogen-bond acceptors (Lipinski definition) is 15. The number of ether oxygens (including phenoxy) is 6. The number of aliphatic hydroxyl groups is 1. The number of hydroxylamine groups is 2. The van der Waals surface area contributed by atoms with Crippen LogP contribution in [0.2, 0.25) is 0 Å². The van der Waals surface area contributed by atoms with Crippen molar-refractivity contribution >= 4 is 41.8 Å². The van der Waals surface area contributed by atoms with Crippen LogP contribution in [0.3, 0.4) is 0 Å². The van der Waals surface area contributed by atoms with E-state index in [0.717, 1.165) is 11.1 Å². The Kier molecular flexibility index (Phi) is 12.6. The Hall–Kier alpha value is -5.98. The first-order chi connectivity index (χ1) is 32.4. The van der Waals surface area contributed by atoms with Gasteiger partial charge in [-0.3, -0.25) is 24.0 Å². The molecule has 2 amide bonds. The summed E-state index contributed by atoms with van der Waals surface area (Å²) in [4.78, 5) is 87.3. The molecule has 3 aromatic rings. The van der Waals surface area contributed by atoms with Crippen molar-refractivity contribution in [1.29, 1.82) is 0 Å². The summed E-state index contributed by atoms with van der Waals surface area (Å²) in [6, 6.07) is 19.9. The molecule has 17 nitrogen and oxygen atoms in total. The molecule has 8 atom stereocenters. The Labute approximate surface area is 393 Å². The van der Waals surface area contributed by atoms with Crippen molar-refractivity contribution in [2.45, 2.75) is 134 Å². The van der Waals surface area contributed by atoms with Crippen LogP contribution in [0.1, 0.15) is 92.1 Å². The minimum Gasteiger partial charge on any atom is -0.462 e. The number of aliphatic hydroxyl groups excluding tert-OH is 1. The van der Waals surface area contributed by atoms with Crippen molar-refractivity contribution in [3.05, 3.63) is 112 Å². The normalized spacial score (nSPS) is 27.8. The maximum absolute atomic E-state index is 15.1. The minimum absolute atomic E-state index is 0.00115. The van der Waals surface area contributed by atoms with Crippen molar-refractivity contribution < 1.29 is 67.1 Å². The number of nitrogens with one attached hydrogen (secondary N) is 2. The average molecular weight is 936 g/mol. The third-order valence-corrected chi connectivity index (χ3v) is 13.6. The largest absolute Gasteiger partial charge is 0.462 e. The third kappa shape index (κ3) is 9.17. The van der Waals surface area contributed by atoms with Crippen LogP contribution in [0.4, 0.5) is 0 Å². The van der Waals surface area contributed by atoms with Crippen molar-refractivity contribution in [3.63, 3.8) is 0 Å². The zero-order valence-corrected chi connectivity index (χ0v) is 38.7. The number of carbonyl (C=O) groups is 6. The van der Waals surface area contributed by atoms with Gasteiger partial charge < -0.3 is 44.2 Å². The molecule has 68 heavy (non-hydrogen) atoms. The molecule has 17 heteroatoms. The van der Waals surface area contributed by atoms with Gasteiger partial charge >= 0.3 is 23.9 Å². The lowest BCUT2D eigenvalue weighted by atomic mass is 9.62. The molecule has 5 fully saturated rings. The summed E-state index contributed by atoms with van der Waals surface area (Å²) >= 11 is 0. The second kappa shape index (κ2) is 18.2. The molecule has 9 rings (SSSR count). The van der Waals surface area contributed by atoms with Gasteiger partial charge in [-0.1, -0.05) is 74.5 Å². The number of rotatable bonds is 14. The number of carbonyl (C=O) groups excluding carboxylic acids is 6. The third-order valence-electron chi connectivity index (χ3n) is 13.6. The summed E-state index contributed by atoms with van der Waals surface area (Å²) in [5.41, 5.74) is 1.38. The smallest absolute Gasteiger partial charge is 0.348 e. The summed E-state index contributed by atoms with van der Waals surface area (Å²) in [5.74, 6) is -4.46. The minimum atomic E-state index is -1.52. The topological polar surface area (TPSA) is 215 Å². The van der Waals surface area contributed by atoms with E-state index in [1.165, 1.54) is 11.1 Å². The molecule has 8 unspecified atom stereocenters. The van der Waals surface area contributed by atoms with Gasteiger partial charge in [-0.15, -0.1) is 0 Å². The van der Waals surface area contributed by atoms with Crippen LogP contribution in [-0.4, -0.2) is 113 Å². The van der Waals surface area contributed by atoms with Gasteiger partial charge in [0.2, 0.25) is 12.0 Å². The van der Waals surface area contributed by atoms with Gasteiger partial charge in [-0.2, -0.15) is 5.06 Å².